The fourth-order valence-corrected chi connectivity index (χ4v) is 5.63. The molecule has 2 aromatic carbocycles. The van der Waals surface area contributed by atoms with E-state index in [4.69, 9.17) is 9.05 Å². The first-order valence-corrected chi connectivity index (χ1v) is 9.60. The van der Waals surface area contributed by atoms with Gasteiger partial charge in [0.05, 0.1) is 6.61 Å². The molecule has 0 amide bonds. The van der Waals surface area contributed by atoms with Gasteiger partial charge in [-0.15, -0.1) is 0 Å². The molecule has 5 heteroatoms. The van der Waals surface area contributed by atoms with Gasteiger partial charge in [0.25, 0.3) is 0 Å². The maximum atomic E-state index is 10.7. The maximum Gasteiger partial charge on any atom is 0.336 e. The number of aryl methyl sites for hydroxylation is 1. The summed E-state index contributed by atoms with van der Waals surface area (Å²) in [7, 11) is 0.681. The molecule has 0 fully saturated rings. The molecule has 1 N–H and O–H groups in total. The predicted molar refractivity (Wildman–Crippen MR) is 86.0 cm³/mol. The monoisotopic (exact) mass is 310 g/mol. The quantitative estimate of drug-likeness (QED) is 0.648. The number of hydrogen-bond acceptors (Lipinski definition) is 2. The van der Waals surface area contributed by atoms with Gasteiger partial charge in [-0.05, 0) is 37.6 Å². The second-order valence-corrected chi connectivity index (χ2v) is 8.42. The van der Waals surface area contributed by atoms with Crippen molar-refractivity contribution in [3.63, 3.8) is 0 Å². The third-order valence-corrected chi connectivity index (χ3v) is 6.62. The van der Waals surface area contributed by atoms with Crippen LogP contribution in [0, 0.1) is 6.92 Å². The molecule has 108 valence electrons. The highest BCUT2D eigenvalue weighted by atomic mass is 32.5. The Kier molecular flexibility index (Phi) is 5.44. The van der Waals surface area contributed by atoms with E-state index in [1.54, 1.807) is 0 Å². The van der Waals surface area contributed by atoms with Gasteiger partial charge in [0.1, 0.15) is 5.75 Å². The molecule has 0 heterocycles. The van der Waals surface area contributed by atoms with Gasteiger partial charge < -0.3 is 13.9 Å². The normalized spacial score (nSPS) is 13.8. The fourth-order valence-electron chi connectivity index (χ4n) is 1.67. The number of benzene rings is 2. The van der Waals surface area contributed by atoms with E-state index in [0.29, 0.717) is 23.3 Å². The molecule has 2 rings (SSSR count). The molecule has 0 radical (unpaired) electrons. The van der Waals surface area contributed by atoms with E-state index in [1.807, 2.05) is 68.4 Å². The Morgan fingerprint density at radius 2 is 1.70 bits per heavy atom. The van der Waals surface area contributed by atoms with Crippen LogP contribution in [0.4, 0.5) is 0 Å². The molecule has 1 atom stereocenters. The molecule has 0 aromatic heterocycles. The van der Waals surface area contributed by atoms with Gasteiger partial charge in [-0.2, -0.15) is 0 Å². The van der Waals surface area contributed by atoms with Gasteiger partial charge in [-0.25, -0.2) is 0 Å². The predicted octanol–water partition coefficient (Wildman–Crippen LogP) is 3.95. The zero-order valence-electron chi connectivity index (χ0n) is 11.6. The van der Waals surface area contributed by atoms with Gasteiger partial charge in [-0.1, -0.05) is 47.3 Å². The van der Waals surface area contributed by atoms with Crippen LogP contribution in [-0.4, -0.2) is 11.5 Å². The van der Waals surface area contributed by atoms with Crippen LogP contribution in [0.15, 0.2) is 59.5 Å². The molecule has 20 heavy (non-hydrogen) atoms. The van der Waals surface area contributed by atoms with Crippen LogP contribution < -0.4 is 4.52 Å². The molecule has 0 spiro atoms. The molecular weight excluding hydrogens is 291 g/mol. The summed E-state index contributed by atoms with van der Waals surface area (Å²) in [5.41, 5.74) is 1.11. The van der Waals surface area contributed by atoms with E-state index in [2.05, 4.69) is 0 Å². The smallest absolute Gasteiger partial charge is 0.336 e. The van der Waals surface area contributed by atoms with Gasteiger partial charge in [0.15, 0.2) is 0 Å². The maximum absolute atomic E-state index is 10.7. The summed E-state index contributed by atoms with van der Waals surface area (Å²) >= 11 is 0. The molecule has 0 saturated carbocycles. The highest BCUT2D eigenvalue weighted by molar-refractivity contribution is 8.17. The van der Waals surface area contributed by atoms with Crippen molar-refractivity contribution in [3.05, 3.63) is 60.2 Å². The van der Waals surface area contributed by atoms with Gasteiger partial charge in [-0.3, -0.25) is 0 Å². The first-order chi connectivity index (χ1) is 9.63. The Morgan fingerprint density at radius 3 is 2.35 bits per heavy atom. The van der Waals surface area contributed by atoms with Crippen LogP contribution in [0.2, 0.25) is 0 Å². The minimum absolute atomic E-state index is 0.413. The van der Waals surface area contributed by atoms with E-state index < -0.39 is 6.72 Å². The van der Waals surface area contributed by atoms with Gasteiger partial charge in [0, 0.05) is 4.90 Å². The topological polar surface area (TPSA) is 38.7 Å². The Balaban J connectivity index is 2.36. The number of hydrogen-bond donors (Lipinski definition) is 2. The molecule has 0 bridgehead atoms. The van der Waals surface area contributed by atoms with E-state index in [1.165, 1.54) is 0 Å². The SMILES string of the molecule is CCOP(O)(Oc1ccccc1)=[SH]c1ccccc1C. The van der Waals surface area contributed by atoms with Crippen LogP contribution in [0.3, 0.4) is 0 Å². The second kappa shape index (κ2) is 7.09. The van der Waals surface area contributed by atoms with E-state index >= 15 is 0 Å². The lowest BCUT2D eigenvalue weighted by molar-refractivity contribution is 0.271. The zero-order chi connectivity index (χ0) is 14.4. The van der Waals surface area contributed by atoms with E-state index in [9.17, 15) is 4.89 Å². The fraction of sp³-hybridized carbons (Fsp3) is 0.200. The summed E-state index contributed by atoms with van der Waals surface area (Å²) in [6.45, 7) is 1.31. The molecule has 0 aliphatic rings. The largest absolute Gasteiger partial charge is 0.428 e. The highest BCUT2D eigenvalue weighted by Gasteiger charge is 2.17. The molecule has 3 nitrogen and oxygen atoms in total. The second-order valence-electron chi connectivity index (χ2n) is 4.20. The van der Waals surface area contributed by atoms with Gasteiger partial charge >= 0.3 is 6.72 Å². The van der Waals surface area contributed by atoms with E-state index in [-0.39, 0.29) is 0 Å². The zero-order valence-corrected chi connectivity index (χ0v) is 13.4. The third kappa shape index (κ3) is 4.22. The minimum atomic E-state index is -2.97. The van der Waals surface area contributed by atoms with Crippen molar-refractivity contribution in [3.8, 4) is 5.75 Å². The van der Waals surface area contributed by atoms with Crippen molar-refractivity contribution in [2.75, 3.05) is 6.61 Å². The molecule has 0 saturated heterocycles. The first-order valence-electron chi connectivity index (χ1n) is 6.43. The van der Waals surface area contributed by atoms with Crippen LogP contribution in [-0.2, 0) is 15.5 Å². The molecule has 0 aliphatic heterocycles. The number of thiol groups is 1. The molecule has 2 aromatic rings. The van der Waals surface area contributed by atoms with Gasteiger partial charge in [0.2, 0.25) is 0 Å². The Bertz CT molecular complexity index is 614. The molecule has 1 unspecified atom stereocenters. The Labute approximate surface area is 123 Å². The molecular formula is C15H19O3PS. The van der Waals surface area contributed by atoms with Crippen molar-refractivity contribution >= 4 is 17.7 Å². The minimum Gasteiger partial charge on any atom is -0.428 e. The standard InChI is InChI=1S/C15H19O3PS/c1-3-17-19(16,18-14-10-5-4-6-11-14)20-15-12-8-7-9-13(15)2/h4-12,16,20H,3H2,1-2H3. The van der Waals surface area contributed by atoms with Crippen molar-refractivity contribution in [1.82, 2.24) is 0 Å². The van der Waals surface area contributed by atoms with E-state index in [0.717, 1.165) is 10.5 Å². The van der Waals surface area contributed by atoms with Crippen molar-refractivity contribution in [2.24, 2.45) is 0 Å². The lowest BCUT2D eigenvalue weighted by atomic mass is 10.2. The summed E-state index contributed by atoms with van der Waals surface area (Å²) in [5, 5.41) is 0. The highest BCUT2D eigenvalue weighted by Crippen LogP contribution is 2.47. The summed E-state index contributed by atoms with van der Waals surface area (Å²) < 4.78 is 11.3. The third-order valence-electron chi connectivity index (χ3n) is 2.61. The first kappa shape index (κ1) is 15.3. The van der Waals surface area contributed by atoms with Crippen LogP contribution in [0.1, 0.15) is 12.5 Å². The average molecular weight is 310 g/mol. The Morgan fingerprint density at radius 1 is 1.05 bits per heavy atom. The van der Waals surface area contributed by atoms with Crippen molar-refractivity contribution < 1.29 is 13.9 Å². The lowest BCUT2D eigenvalue weighted by Crippen LogP contribution is -1.99. The van der Waals surface area contributed by atoms with Crippen LogP contribution >= 0.6 is 6.72 Å². The average Bonchev–Trinajstić information content (AvgIpc) is 2.43. The Hall–Kier alpha value is -1.06. The summed E-state index contributed by atoms with van der Waals surface area (Å²) in [4.78, 5) is 11.7. The summed E-state index contributed by atoms with van der Waals surface area (Å²) in [6, 6.07) is 17.2. The van der Waals surface area contributed by atoms with Crippen molar-refractivity contribution in [2.45, 2.75) is 18.7 Å². The van der Waals surface area contributed by atoms with Crippen LogP contribution in [0.5, 0.6) is 5.75 Å². The summed E-state index contributed by atoms with van der Waals surface area (Å²) in [6.07, 6.45) is 0. The lowest BCUT2D eigenvalue weighted by Gasteiger charge is -2.20. The molecule has 0 aliphatic carbocycles. The van der Waals surface area contributed by atoms with Crippen molar-refractivity contribution in [1.29, 1.82) is 0 Å². The number of rotatable bonds is 5. The number of para-hydroxylation sites is 1. The van der Waals surface area contributed by atoms with Crippen LogP contribution in [0.25, 0.3) is 0 Å². The summed E-state index contributed by atoms with van der Waals surface area (Å²) in [5.74, 6) is 0.623.